The Hall–Kier alpha value is -1.87. The van der Waals surface area contributed by atoms with Gasteiger partial charge in [0, 0.05) is 26.7 Å². The average Bonchev–Trinajstić information content (AvgIpc) is 2.45. The largest absolute Gasteiger partial charge is 0.371 e. The lowest BCUT2D eigenvalue weighted by atomic mass is 10.2. The summed E-state index contributed by atoms with van der Waals surface area (Å²) in [5, 5.41) is 3.36. The second-order valence-electron chi connectivity index (χ2n) is 4.54. The van der Waals surface area contributed by atoms with Crippen molar-refractivity contribution in [1.29, 1.82) is 0 Å². The van der Waals surface area contributed by atoms with Crippen molar-refractivity contribution in [1.82, 2.24) is 5.32 Å². The number of hydrogen-bond donors (Lipinski definition) is 1. The molecule has 0 aliphatic carbocycles. The molecule has 0 aliphatic heterocycles. The Morgan fingerprint density at radius 2 is 1.68 bits per heavy atom. The number of likely N-dealkylation sites (N-methyl/N-ethyl adjacent to an activating group) is 1. The fourth-order valence-corrected chi connectivity index (χ4v) is 1.96. The summed E-state index contributed by atoms with van der Waals surface area (Å²) < 4.78 is 13.6. The maximum absolute atomic E-state index is 13.6. The Labute approximate surface area is 113 Å². The molecule has 0 aromatic heterocycles. The van der Waals surface area contributed by atoms with Gasteiger partial charge in [-0.25, -0.2) is 4.39 Å². The third kappa shape index (κ3) is 4.07. The van der Waals surface area contributed by atoms with Gasteiger partial charge in [-0.1, -0.05) is 42.5 Å². The lowest BCUT2D eigenvalue weighted by molar-refractivity contribution is 0.616. The van der Waals surface area contributed by atoms with E-state index in [4.69, 9.17) is 0 Å². The first-order valence-electron chi connectivity index (χ1n) is 6.47. The van der Waals surface area contributed by atoms with Crippen LogP contribution in [0, 0.1) is 5.82 Å². The number of para-hydroxylation sites is 1. The van der Waals surface area contributed by atoms with E-state index in [1.165, 1.54) is 11.6 Å². The van der Waals surface area contributed by atoms with Crippen molar-refractivity contribution < 1.29 is 4.39 Å². The molecule has 0 saturated carbocycles. The van der Waals surface area contributed by atoms with Crippen molar-refractivity contribution in [3.8, 4) is 0 Å². The molecule has 0 heterocycles. The minimum absolute atomic E-state index is 0.173. The van der Waals surface area contributed by atoms with E-state index in [0.29, 0.717) is 5.69 Å². The molecule has 1 N–H and O–H groups in total. The molecule has 0 atom stereocenters. The molecular weight excluding hydrogens is 239 g/mol. The predicted molar refractivity (Wildman–Crippen MR) is 77.8 cm³/mol. The van der Waals surface area contributed by atoms with Crippen LogP contribution in [-0.4, -0.2) is 20.1 Å². The number of hydrogen-bond acceptors (Lipinski definition) is 2. The van der Waals surface area contributed by atoms with Gasteiger partial charge in [-0.2, -0.15) is 0 Å². The first-order valence-corrected chi connectivity index (χ1v) is 6.47. The summed E-state index contributed by atoms with van der Waals surface area (Å²) in [5.41, 5.74) is 1.90. The monoisotopic (exact) mass is 258 g/mol. The van der Waals surface area contributed by atoms with Gasteiger partial charge in [-0.3, -0.25) is 0 Å². The molecule has 100 valence electrons. The van der Waals surface area contributed by atoms with E-state index in [2.05, 4.69) is 17.4 Å². The first-order chi connectivity index (χ1) is 9.27. The van der Waals surface area contributed by atoms with Crippen LogP contribution in [0.3, 0.4) is 0 Å². The average molecular weight is 258 g/mol. The van der Waals surface area contributed by atoms with Crippen LogP contribution in [0.1, 0.15) is 5.56 Å². The highest BCUT2D eigenvalue weighted by molar-refractivity contribution is 5.46. The Morgan fingerprint density at radius 3 is 2.42 bits per heavy atom. The summed E-state index contributed by atoms with van der Waals surface area (Å²) in [7, 11) is 1.91. The molecule has 2 aromatic carbocycles. The highest BCUT2D eigenvalue weighted by atomic mass is 19.1. The van der Waals surface area contributed by atoms with Gasteiger partial charge in [0.2, 0.25) is 0 Å². The second-order valence-corrected chi connectivity index (χ2v) is 4.54. The Bertz CT molecular complexity index is 499. The summed E-state index contributed by atoms with van der Waals surface area (Å²) in [5.74, 6) is -0.173. The number of benzene rings is 2. The van der Waals surface area contributed by atoms with Gasteiger partial charge in [-0.15, -0.1) is 0 Å². The molecular formula is C16H19FN2. The summed E-state index contributed by atoms with van der Waals surface area (Å²) in [4.78, 5) is 1.92. The van der Waals surface area contributed by atoms with Gasteiger partial charge < -0.3 is 10.2 Å². The van der Waals surface area contributed by atoms with Crippen LogP contribution >= 0.6 is 0 Å². The van der Waals surface area contributed by atoms with Crippen molar-refractivity contribution >= 4 is 5.69 Å². The predicted octanol–water partition coefficient (Wildman–Crippen LogP) is 3.05. The SMILES string of the molecule is CN(CCNCc1ccccc1)c1ccccc1F. The van der Waals surface area contributed by atoms with Crippen molar-refractivity contribution in [3.05, 3.63) is 66.0 Å². The normalized spacial score (nSPS) is 10.4. The van der Waals surface area contributed by atoms with Gasteiger partial charge in [-0.05, 0) is 17.7 Å². The maximum atomic E-state index is 13.6. The van der Waals surface area contributed by atoms with Gasteiger partial charge in [0.25, 0.3) is 0 Å². The van der Waals surface area contributed by atoms with Crippen molar-refractivity contribution in [2.45, 2.75) is 6.54 Å². The van der Waals surface area contributed by atoms with Gasteiger partial charge >= 0.3 is 0 Å². The minimum Gasteiger partial charge on any atom is -0.371 e. The molecule has 2 aromatic rings. The summed E-state index contributed by atoms with van der Waals surface area (Å²) >= 11 is 0. The second kappa shape index (κ2) is 6.90. The lowest BCUT2D eigenvalue weighted by Gasteiger charge is -2.20. The fourth-order valence-electron chi connectivity index (χ4n) is 1.96. The van der Waals surface area contributed by atoms with E-state index >= 15 is 0 Å². The molecule has 0 fully saturated rings. The maximum Gasteiger partial charge on any atom is 0.146 e. The molecule has 2 rings (SSSR count). The van der Waals surface area contributed by atoms with Crippen LogP contribution in [0.5, 0.6) is 0 Å². The number of halogens is 1. The van der Waals surface area contributed by atoms with E-state index in [9.17, 15) is 4.39 Å². The Balaban J connectivity index is 1.76. The zero-order chi connectivity index (χ0) is 13.5. The van der Waals surface area contributed by atoms with E-state index in [0.717, 1.165) is 19.6 Å². The molecule has 2 nitrogen and oxygen atoms in total. The van der Waals surface area contributed by atoms with Crippen LogP contribution in [0.25, 0.3) is 0 Å². The summed E-state index contributed by atoms with van der Waals surface area (Å²) in [6.45, 7) is 2.43. The van der Waals surface area contributed by atoms with E-state index < -0.39 is 0 Å². The molecule has 19 heavy (non-hydrogen) atoms. The van der Waals surface area contributed by atoms with Gasteiger partial charge in [0.15, 0.2) is 0 Å². The van der Waals surface area contributed by atoms with Crippen molar-refractivity contribution in [2.75, 3.05) is 25.0 Å². The molecule has 3 heteroatoms. The molecule has 0 unspecified atom stereocenters. The fraction of sp³-hybridized carbons (Fsp3) is 0.250. The highest BCUT2D eigenvalue weighted by Crippen LogP contribution is 2.16. The molecule has 0 radical (unpaired) electrons. The van der Waals surface area contributed by atoms with Crippen LogP contribution in [0.15, 0.2) is 54.6 Å². The molecule has 0 spiro atoms. The van der Waals surface area contributed by atoms with E-state index in [-0.39, 0.29) is 5.82 Å². The van der Waals surface area contributed by atoms with Crippen LogP contribution in [-0.2, 0) is 6.54 Å². The van der Waals surface area contributed by atoms with Crippen LogP contribution in [0.4, 0.5) is 10.1 Å². The lowest BCUT2D eigenvalue weighted by Crippen LogP contribution is -2.29. The molecule has 0 saturated heterocycles. The van der Waals surface area contributed by atoms with Crippen LogP contribution in [0.2, 0.25) is 0 Å². The Morgan fingerprint density at radius 1 is 1.00 bits per heavy atom. The quantitative estimate of drug-likeness (QED) is 0.801. The molecule has 0 amide bonds. The van der Waals surface area contributed by atoms with Gasteiger partial charge in [0.05, 0.1) is 5.69 Å². The topological polar surface area (TPSA) is 15.3 Å². The number of nitrogens with one attached hydrogen (secondary N) is 1. The zero-order valence-corrected chi connectivity index (χ0v) is 11.1. The summed E-state index contributed by atoms with van der Waals surface area (Å²) in [6, 6.07) is 17.1. The smallest absolute Gasteiger partial charge is 0.146 e. The minimum atomic E-state index is -0.173. The molecule has 0 bridgehead atoms. The first kappa shape index (κ1) is 13.6. The standard InChI is InChI=1S/C16H19FN2/c1-19(16-10-6-5-9-15(16)17)12-11-18-13-14-7-3-2-4-8-14/h2-10,18H,11-13H2,1H3. The van der Waals surface area contributed by atoms with Crippen LogP contribution < -0.4 is 10.2 Å². The summed E-state index contributed by atoms with van der Waals surface area (Å²) in [6.07, 6.45) is 0. The Kier molecular flexibility index (Phi) is 4.93. The number of anilines is 1. The van der Waals surface area contributed by atoms with Crippen molar-refractivity contribution in [3.63, 3.8) is 0 Å². The van der Waals surface area contributed by atoms with E-state index in [1.54, 1.807) is 12.1 Å². The third-order valence-electron chi connectivity index (χ3n) is 3.06. The highest BCUT2D eigenvalue weighted by Gasteiger charge is 2.05. The van der Waals surface area contributed by atoms with Crippen molar-refractivity contribution in [2.24, 2.45) is 0 Å². The zero-order valence-electron chi connectivity index (χ0n) is 11.1. The number of nitrogens with zero attached hydrogens (tertiary/aromatic N) is 1. The number of rotatable bonds is 6. The third-order valence-corrected chi connectivity index (χ3v) is 3.06. The van der Waals surface area contributed by atoms with Gasteiger partial charge in [0.1, 0.15) is 5.82 Å². The molecule has 0 aliphatic rings. The van der Waals surface area contributed by atoms with E-state index in [1.807, 2.05) is 36.2 Å².